The molecule has 0 bridgehead atoms. The van der Waals surface area contributed by atoms with Crippen LogP contribution in [0.15, 0.2) is 104 Å². The van der Waals surface area contributed by atoms with Gasteiger partial charge in [-0.15, -0.1) is 0 Å². The Morgan fingerprint density at radius 2 is 0.857 bits per heavy atom. The van der Waals surface area contributed by atoms with Crippen LogP contribution in [0.4, 0.5) is 0 Å². The van der Waals surface area contributed by atoms with Crippen molar-refractivity contribution in [2.75, 3.05) is 127 Å². The summed E-state index contributed by atoms with van der Waals surface area (Å²) in [6.07, 6.45) is 2.37. The summed E-state index contributed by atoms with van der Waals surface area (Å²) in [7, 11) is 4.06. The van der Waals surface area contributed by atoms with Crippen molar-refractivity contribution in [1.29, 1.82) is 0 Å². The van der Waals surface area contributed by atoms with Crippen LogP contribution >= 0.6 is 0 Å². The second kappa shape index (κ2) is 47.1. The highest BCUT2D eigenvalue weighted by molar-refractivity contribution is 5.81. The van der Waals surface area contributed by atoms with Crippen molar-refractivity contribution in [2.24, 2.45) is 5.73 Å². The van der Waals surface area contributed by atoms with Gasteiger partial charge in [-0.1, -0.05) is 97.6 Å². The molecule has 2 amide bonds. The summed E-state index contributed by atoms with van der Waals surface area (Å²) in [5.41, 5.74) is 8.80. The SMILES string of the molecule is C=CC(=O)OC.COC(=O)CCN(CCC(=O)OC)Cc1ccccc1.NCc1ccccc1.O=C(CCN(CCC(=O)NCCOCCOCCO)Cc1ccccc1)NCCOCCOCCO. The van der Waals surface area contributed by atoms with Crippen molar-refractivity contribution in [1.82, 2.24) is 20.4 Å². The van der Waals surface area contributed by atoms with Crippen LogP contribution in [0.3, 0.4) is 0 Å². The predicted octanol–water partition coefficient (Wildman–Crippen LogP) is 2.66. The molecule has 19 nitrogen and oxygen atoms in total. The quantitative estimate of drug-likeness (QED) is 0.0250. The summed E-state index contributed by atoms with van der Waals surface area (Å²) >= 11 is 0. The lowest BCUT2D eigenvalue weighted by Crippen LogP contribution is -2.35. The van der Waals surface area contributed by atoms with Gasteiger partial charge in [-0.05, 0) is 16.7 Å². The molecule has 0 spiro atoms. The van der Waals surface area contributed by atoms with Crippen molar-refractivity contribution in [3.63, 3.8) is 0 Å². The smallest absolute Gasteiger partial charge is 0.329 e. The Balaban J connectivity index is 0.00000115. The Labute approximate surface area is 414 Å². The van der Waals surface area contributed by atoms with E-state index in [0.29, 0.717) is 124 Å². The van der Waals surface area contributed by atoms with Gasteiger partial charge in [-0.3, -0.25) is 29.0 Å². The van der Waals surface area contributed by atoms with E-state index in [9.17, 15) is 24.0 Å². The number of hydrogen-bond donors (Lipinski definition) is 5. The number of esters is 3. The lowest BCUT2D eigenvalue weighted by Gasteiger charge is -2.22. The molecule has 0 aliphatic heterocycles. The van der Waals surface area contributed by atoms with Crippen LogP contribution < -0.4 is 16.4 Å². The normalized spacial score (nSPS) is 10.3. The van der Waals surface area contributed by atoms with E-state index in [-0.39, 0.29) is 50.2 Å². The fourth-order valence-corrected chi connectivity index (χ4v) is 5.62. The number of carbonyl (C=O) groups excluding carboxylic acids is 5. The number of nitrogens with zero attached hydrogens (tertiary/aromatic N) is 2. The van der Waals surface area contributed by atoms with Crippen molar-refractivity contribution in [3.05, 3.63) is 120 Å². The van der Waals surface area contributed by atoms with E-state index < -0.39 is 5.97 Å². The summed E-state index contributed by atoms with van der Waals surface area (Å²) in [4.78, 5) is 60.9. The summed E-state index contributed by atoms with van der Waals surface area (Å²) < 4.78 is 34.4. The third-order valence-electron chi connectivity index (χ3n) is 9.33. The van der Waals surface area contributed by atoms with E-state index in [4.69, 9.17) is 34.9 Å². The molecule has 3 aromatic carbocycles. The van der Waals surface area contributed by atoms with Crippen LogP contribution in [-0.4, -0.2) is 176 Å². The third-order valence-corrected chi connectivity index (χ3v) is 9.33. The number of aliphatic hydroxyl groups excluding tert-OH is 2. The lowest BCUT2D eigenvalue weighted by molar-refractivity contribution is -0.141. The first-order chi connectivity index (χ1) is 34.0. The minimum atomic E-state index is -0.394. The number of aliphatic hydroxyl groups is 2. The molecule has 70 heavy (non-hydrogen) atoms. The van der Waals surface area contributed by atoms with Gasteiger partial charge < -0.3 is 59.7 Å². The number of benzene rings is 3. The monoisotopic (exact) mass is 986 g/mol. The standard InChI is InChI=1S/C25H43N3O8.C15H21NO4.C7H9N.C4H6O2/c29-12-16-35-20-18-33-14-8-26-24(31)6-10-28(22-23-4-2-1-3-5-23)11-7-25(32)27-9-15-34-19-21-36-17-13-30;1-19-14(17)8-10-16(11-9-15(18)20-2)12-13-6-4-3-5-7-13;8-6-7-4-2-1-3-5-7;1-3-4(5)6-2/h1-5,29-30H,6-22H2,(H,26,31)(H,27,32);3-7H,8-12H2,1-2H3;1-5H,6,8H2;3H,1H2,2H3. The van der Waals surface area contributed by atoms with E-state index in [1.165, 1.54) is 26.9 Å². The fourth-order valence-electron chi connectivity index (χ4n) is 5.62. The average molecular weight is 986 g/mol. The van der Waals surface area contributed by atoms with Crippen LogP contribution in [-0.2, 0) is 76.8 Å². The van der Waals surface area contributed by atoms with Crippen LogP contribution in [0, 0.1) is 0 Å². The summed E-state index contributed by atoms with van der Waals surface area (Å²) in [5.74, 6) is -1.03. The molecule has 0 aliphatic carbocycles. The number of nitrogens with one attached hydrogen (secondary N) is 2. The van der Waals surface area contributed by atoms with E-state index >= 15 is 0 Å². The summed E-state index contributed by atoms with van der Waals surface area (Å²) in [6.45, 7) is 11.1. The number of methoxy groups -OCH3 is 3. The maximum Gasteiger partial charge on any atom is 0.329 e. The van der Waals surface area contributed by atoms with Crippen molar-refractivity contribution in [2.45, 2.75) is 45.3 Å². The second-order valence-corrected chi connectivity index (χ2v) is 14.7. The highest BCUT2D eigenvalue weighted by atomic mass is 16.5. The minimum absolute atomic E-state index is 0.0134. The van der Waals surface area contributed by atoms with Gasteiger partial charge in [0.05, 0.1) is 100 Å². The highest BCUT2D eigenvalue weighted by Crippen LogP contribution is 2.08. The third kappa shape index (κ3) is 40.3. The number of amides is 2. The zero-order valence-corrected chi connectivity index (χ0v) is 41.5. The molecule has 392 valence electrons. The van der Waals surface area contributed by atoms with Crippen LogP contribution in [0.2, 0.25) is 0 Å². The Kier molecular flexibility index (Phi) is 43.3. The van der Waals surface area contributed by atoms with Gasteiger partial charge in [0.2, 0.25) is 11.8 Å². The van der Waals surface area contributed by atoms with Crippen molar-refractivity contribution < 1.29 is 67.3 Å². The van der Waals surface area contributed by atoms with E-state index in [1.54, 1.807) is 0 Å². The van der Waals surface area contributed by atoms with E-state index in [2.05, 4.69) is 36.3 Å². The van der Waals surface area contributed by atoms with Gasteiger partial charge in [-0.25, -0.2) is 4.79 Å². The zero-order chi connectivity index (χ0) is 51.7. The number of carbonyl (C=O) groups is 5. The molecule has 0 heterocycles. The molecule has 0 saturated heterocycles. The van der Waals surface area contributed by atoms with Gasteiger partial charge in [0.25, 0.3) is 0 Å². The molecule has 0 radical (unpaired) electrons. The van der Waals surface area contributed by atoms with Crippen molar-refractivity contribution >= 4 is 29.7 Å². The first-order valence-electron chi connectivity index (χ1n) is 23.2. The first-order valence-corrected chi connectivity index (χ1v) is 23.2. The summed E-state index contributed by atoms with van der Waals surface area (Å²) in [5, 5.41) is 22.9. The Hall–Kier alpha value is -5.61. The molecule has 0 saturated carbocycles. The van der Waals surface area contributed by atoms with Crippen molar-refractivity contribution in [3.8, 4) is 0 Å². The number of hydrogen-bond acceptors (Lipinski definition) is 17. The lowest BCUT2D eigenvalue weighted by atomic mass is 10.2. The topological polar surface area (TPSA) is 247 Å². The summed E-state index contributed by atoms with van der Waals surface area (Å²) in [6, 6.07) is 29.9. The molecule has 19 heteroatoms. The molecule has 0 unspecified atom stereocenters. The fraction of sp³-hybridized carbons (Fsp3) is 0.510. The minimum Gasteiger partial charge on any atom is -0.469 e. The number of rotatable bonds is 34. The maximum atomic E-state index is 12.2. The molecule has 6 N–H and O–H groups in total. The molecule has 3 rings (SSSR count). The van der Waals surface area contributed by atoms with E-state index in [0.717, 1.165) is 17.2 Å². The predicted molar refractivity (Wildman–Crippen MR) is 266 cm³/mol. The second-order valence-electron chi connectivity index (χ2n) is 14.7. The number of nitrogens with two attached hydrogens (primary N) is 1. The van der Waals surface area contributed by atoms with Gasteiger partial charge in [-0.2, -0.15) is 0 Å². The largest absolute Gasteiger partial charge is 0.469 e. The molecule has 0 atom stereocenters. The molecular weight excluding hydrogens is 907 g/mol. The average Bonchev–Trinajstić information content (AvgIpc) is 3.40. The first kappa shape index (κ1) is 64.4. The van der Waals surface area contributed by atoms with Gasteiger partial charge >= 0.3 is 17.9 Å². The highest BCUT2D eigenvalue weighted by Gasteiger charge is 2.13. The Morgan fingerprint density at radius 1 is 0.514 bits per heavy atom. The number of ether oxygens (including phenoxy) is 7. The van der Waals surface area contributed by atoms with Gasteiger partial charge in [0, 0.05) is 77.8 Å². The van der Waals surface area contributed by atoms with Crippen LogP contribution in [0.5, 0.6) is 0 Å². The molecule has 0 aliphatic rings. The van der Waals surface area contributed by atoms with E-state index in [1.807, 2.05) is 95.9 Å². The van der Waals surface area contributed by atoms with Gasteiger partial charge in [0.15, 0.2) is 0 Å². The van der Waals surface area contributed by atoms with Crippen LogP contribution in [0.1, 0.15) is 42.4 Å². The zero-order valence-electron chi connectivity index (χ0n) is 41.5. The molecular formula is C51H79N5O14. The Morgan fingerprint density at radius 3 is 1.14 bits per heavy atom. The maximum absolute atomic E-state index is 12.2. The molecule has 0 fully saturated rings. The molecule has 3 aromatic rings. The Bertz CT molecular complexity index is 1690. The van der Waals surface area contributed by atoms with Crippen LogP contribution in [0.25, 0.3) is 0 Å². The molecule has 0 aromatic heterocycles. The van der Waals surface area contributed by atoms with Gasteiger partial charge in [0.1, 0.15) is 0 Å².